The van der Waals surface area contributed by atoms with Crippen molar-refractivity contribution < 1.29 is 14.0 Å². The van der Waals surface area contributed by atoms with E-state index in [1.54, 1.807) is 18.2 Å². The van der Waals surface area contributed by atoms with E-state index in [1.807, 2.05) is 17.6 Å². The summed E-state index contributed by atoms with van der Waals surface area (Å²) in [6.45, 7) is 0. The average Bonchev–Trinajstić information content (AvgIpc) is 2.94. The number of amides is 2. The first-order valence-electron chi connectivity index (χ1n) is 6.04. The zero-order valence-electron chi connectivity index (χ0n) is 11.1. The Morgan fingerprint density at radius 2 is 1.77 bits per heavy atom. The lowest BCUT2D eigenvalue weighted by molar-refractivity contribution is -0.117. The SMILES string of the molecule is NNC(=O)/C(=C\c1ccc(Br)cc1)NC(=O)c1ccc(Br)o1. The average molecular weight is 429 g/mol. The van der Waals surface area contributed by atoms with E-state index in [0.29, 0.717) is 4.67 Å². The molecule has 2 amide bonds. The highest BCUT2D eigenvalue weighted by Gasteiger charge is 2.16. The molecule has 22 heavy (non-hydrogen) atoms. The molecule has 1 heterocycles. The third-order valence-electron chi connectivity index (χ3n) is 2.60. The summed E-state index contributed by atoms with van der Waals surface area (Å²) >= 11 is 6.43. The monoisotopic (exact) mass is 427 g/mol. The summed E-state index contributed by atoms with van der Waals surface area (Å²) in [7, 11) is 0. The minimum absolute atomic E-state index is 0.00217. The number of furan rings is 1. The van der Waals surface area contributed by atoms with Crippen LogP contribution in [0.2, 0.25) is 0 Å². The van der Waals surface area contributed by atoms with Crippen LogP contribution in [0.4, 0.5) is 0 Å². The minimum atomic E-state index is -0.623. The number of nitrogens with two attached hydrogens (primary N) is 1. The van der Waals surface area contributed by atoms with E-state index in [0.717, 1.165) is 10.0 Å². The molecule has 0 unspecified atom stereocenters. The quantitative estimate of drug-likeness (QED) is 0.301. The van der Waals surface area contributed by atoms with Crippen LogP contribution in [0.25, 0.3) is 6.08 Å². The molecule has 4 N–H and O–H groups in total. The van der Waals surface area contributed by atoms with E-state index in [9.17, 15) is 9.59 Å². The summed E-state index contributed by atoms with van der Waals surface area (Å²) in [4.78, 5) is 23.8. The van der Waals surface area contributed by atoms with Crippen LogP contribution in [0.1, 0.15) is 16.1 Å². The molecule has 8 heteroatoms. The number of nitrogens with one attached hydrogen (secondary N) is 2. The maximum atomic E-state index is 12.0. The molecular formula is C14H11Br2N3O3. The van der Waals surface area contributed by atoms with Crippen LogP contribution in [0, 0.1) is 0 Å². The van der Waals surface area contributed by atoms with Gasteiger partial charge in [-0.15, -0.1) is 0 Å². The Hall–Kier alpha value is -1.90. The highest BCUT2D eigenvalue weighted by Crippen LogP contribution is 2.15. The van der Waals surface area contributed by atoms with E-state index in [2.05, 4.69) is 37.2 Å². The fourth-order valence-corrected chi connectivity index (χ4v) is 2.15. The fraction of sp³-hybridized carbons (Fsp3) is 0. The lowest BCUT2D eigenvalue weighted by Crippen LogP contribution is -2.38. The predicted molar refractivity (Wildman–Crippen MR) is 88.3 cm³/mol. The molecule has 0 aliphatic rings. The van der Waals surface area contributed by atoms with Gasteiger partial charge in [-0.25, -0.2) is 5.84 Å². The number of benzene rings is 1. The number of carbonyl (C=O) groups is 2. The number of hydrogen-bond acceptors (Lipinski definition) is 4. The van der Waals surface area contributed by atoms with Crippen molar-refractivity contribution in [3.05, 3.63) is 62.6 Å². The maximum absolute atomic E-state index is 12.0. The zero-order chi connectivity index (χ0) is 16.1. The van der Waals surface area contributed by atoms with Gasteiger partial charge in [0.15, 0.2) is 10.4 Å². The first-order valence-corrected chi connectivity index (χ1v) is 7.63. The van der Waals surface area contributed by atoms with E-state index in [-0.39, 0.29) is 11.5 Å². The van der Waals surface area contributed by atoms with Gasteiger partial charge in [0.25, 0.3) is 11.8 Å². The van der Waals surface area contributed by atoms with Gasteiger partial charge in [0.1, 0.15) is 5.70 Å². The van der Waals surface area contributed by atoms with Crippen LogP contribution in [0.15, 0.2) is 55.7 Å². The van der Waals surface area contributed by atoms with Gasteiger partial charge in [-0.3, -0.25) is 15.0 Å². The van der Waals surface area contributed by atoms with Gasteiger partial charge >= 0.3 is 0 Å². The van der Waals surface area contributed by atoms with Crippen LogP contribution < -0.4 is 16.6 Å². The van der Waals surface area contributed by atoms with Crippen LogP contribution >= 0.6 is 31.9 Å². The smallest absolute Gasteiger partial charge is 0.291 e. The van der Waals surface area contributed by atoms with Gasteiger partial charge in [0.2, 0.25) is 0 Å². The molecule has 1 aromatic heterocycles. The number of hydrazine groups is 1. The van der Waals surface area contributed by atoms with Gasteiger partial charge in [0.05, 0.1) is 0 Å². The first kappa shape index (κ1) is 16.5. The van der Waals surface area contributed by atoms with Crippen LogP contribution in [0.5, 0.6) is 0 Å². The van der Waals surface area contributed by atoms with Crippen molar-refractivity contribution in [3.63, 3.8) is 0 Å². The van der Waals surface area contributed by atoms with Gasteiger partial charge < -0.3 is 9.73 Å². The maximum Gasteiger partial charge on any atom is 0.291 e. The molecule has 2 rings (SSSR count). The molecule has 0 fully saturated rings. The number of rotatable bonds is 4. The standard InChI is InChI=1S/C14H11Br2N3O3/c15-9-3-1-8(2-4-9)7-10(13(20)19-17)18-14(21)11-5-6-12(16)22-11/h1-7H,17H2,(H,18,21)(H,19,20)/b10-7+. The zero-order valence-corrected chi connectivity index (χ0v) is 14.3. The van der Waals surface area contributed by atoms with Crippen molar-refractivity contribution in [2.45, 2.75) is 0 Å². The van der Waals surface area contributed by atoms with Gasteiger partial charge in [-0.2, -0.15) is 0 Å². The largest absolute Gasteiger partial charge is 0.444 e. The Balaban J connectivity index is 2.24. The van der Waals surface area contributed by atoms with Gasteiger partial charge in [0, 0.05) is 4.47 Å². The highest BCUT2D eigenvalue weighted by atomic mass is 79.9. The summed E-state index contributed by atoms with van der Waals surface area (Å²) < 4.78 is 6.45. The van der Waals surface area contributed by atoms with Crippen LogP contribution in [0.3, 0.4) is 0 Å². The number of halogens is 2. The van der Waals surface area contributed by atoms with Crippen LogP contribution in [-0.2, 0) is 4.79 Å². The first-order chi connectivity index (χ1) is 10.5. The molecule has 0 aliphatic carbocycles. The molecular weight excluding hydrogens is 418 g/mol. The Morgan fingerprint density at radius 1 is 1.09 bits per heavy atom. The Labute approximate surface area is 143 Å². The molecule has 2 aromatic rings. The number of hydrogen-bond donors (Lipinski definition) is 3. The van der Waals surface area contributed by atoms with Crippen LogP contribution in [-0.4, -0.2) is 11.8 Å². The summed E-state index contributed by atoms with van der Waals surface area (Å²) in [5.74, 6) is 4.03. The van der Waals surface area contributed by atoms with Crippen molar-refractivity contribution in [3.8, 4) is 0 Å². The van der Waals surface area contributed by atoms with E-state index < -0.39 is 11.8 Å². The van der Waals surface area contributed by atoms with Crippen molar-refractivity contribution >= 4 is 49.8 Å². The molecule has 0 spiro atoms. The lowest BCUT2D eigenvalue weighted by atomic mass is 10.2. The summed E-state index contributed by atoms with van der Waals surface area (Å²) in [5.41, 5.74) is 2.71. The molecule has 0 bridgehead atoms. The molecule has 114 valence electrons. The van der Waals surface area contributed by atoms with Crippen molar-refractivity contribution in [2.75, 3.05) is 0 Å². The van der Waals surface area contributed by atoms with E-state index >= 15 is 0 Å². The third-order valence-corrected chi connectivity index (χ3v) is 3.56. The predicted octanol–water partition coefficient (Wildman–Crippen LogP) is 2.57. The number of carbonyl (C=O) groups excluding carboxylic acids is 2. The normalized spacial score (nSPS) is 11.1. The lowest BCUT2D eigenvalue weighted by Gasteiger charge is -2.07. The molecule has 1 aromatic carbocycles. The Morgan fingerprint density at radius 3 is 2.32 bits per heavy atom. The molecule has 0 radical (unpaired) electrons. The van der Waals surface area contributed by atoms with Crippen molar-refractivity contribution in [1.29, 1.82) is 0 Å². The summed E-state index contributed by atoms with van der Waals surface area (Å²) in [5, 5.41) is 2.46. The molecule has 0 saturated heterocycles. The molecule has 0 atom stereocenters. The van der Waals surface area contributed by atoms with Crippen molar-refractivity contribution in [1.82, 2.24) is 10.7 Å². The second-order valence-corrected chi connectivity index (χ2v) is 5.84. The second kappa shape index (κ2) is 7.39. The van der Waals surface area contributed by atoms with Gasteiger partial charge in [-0.1, -0.05) is 28.1 Å². The topological polar surface area (TPSA) is 97.4 Å². The van der Waals surface area contributed by atoms with E-state index in [1.165, 1.54) is 12.1 Å². The Kier molecular flexibility index (Phi) is 5.53. The summed E-state index contributed by atoms with van der Waals surface area (Å²) in [6, 6.07) is 10.3. The van der Waals surface area contributed by atoms with Gasteiger partial charge in [-0.05, 0) is 51.8 Å². The second-order valence-electron chi connectivity index (χ2n) is 4.14. The molecule has 6 nitrogen and oxygen atoms in total. The Bertz CT molecular complexity index is 723. The molecule has 0 aliphatic heterocycles. The fourth-order valence-electron chi connectivity index (χ4n) is 1.58. The minimum Gasteiger partial charge on any atom is -0.444 e. The third kappa shape index (κ3) is 4.30. The van der Waals surface area contributed by atoms with E-state index in [4.69, 9.17) is 10.3 Å². The molecule has 0 saturated carbocycles. The van der Waals surface area contributed by atoms with Crippen molar-refractivity contribution in [2.24, 2.45) is 5.84 Å². The summed E-state index contributed by atoms with van der Waals surface area (Å²) in [6.07, 6.45) is 1.50. The highest BCUT2D eigenvalue weighted by molar-refractivity contribution is 9.10.